The van der Waals surface area contributed by atoms with Crippen molar-refractivity contribution in [3.05, 3.63) is 78.4 Å². The van der Waals surface area contributed by atoms with E-state index < -0.39 is 0 Å². The average molecular weight is 491 g/mol. The summed E-state index contributed by atoms with van der Waals surface area (Å²) in [5.41, 5.74) is 3.35. The van der Waals surface area contributed by atoms with Gasteiger partial charge in [0.15, 0.2) is 11.5 Å². The van der Waals surface area contributed by atoms with Crippen LogP contribution < -0.4 is 14.8 Å². The minimum Gasteiger partial charge on any atom is -0.490 e. The molecule has 1 N–H and O–H groups in total. The Hall–Kier alpha value is -3.58. The number of rotatable bonds is 15. The SMILES string of the molecule is CCOc1ccc(CCN(C)CCCNC(=O)C/C=C/c2ccc(-n3ccnc3)cc2)cc1OCC. The Morgan fingerprint density at radius 2 is 1.83 bits per heavy atom. The number of nitrogens with zero attached hydrogens (tertiary/aromatic N) is 3. The zero-order valence-electron chi connectivity index (χ0n) is 21.7. The molecule has 0 aliphatic rings. The number of amides is 1. The second kappa shape index (κ2) is 14.7. The van der Waals surface area contributed by atoms with Crippen LogP contribution in [0.1, 0.15) is 37.8 Å². The van der Waals surface area contributed by atoms with E-state index in [0.717, 1.165) is 48.7 Å². The lowest BCUT2D eigenvalue weighted by Gasteiger charge is -2.17. The number of aromatic nitrogens is 2. The van der Waals surface area contributed by atoms with Gasteiger partial charge in [-0.3, -0.25) is 4.79 Å². The normalized spacial score (nSPS) is 11.2. The fraction of sp³-hybridized carbons (Fsp3) is 0.379. The molecular weight excluding hydrogens is 452 g/mol. The van der Waals surface area contributed by atoms with Crippen molar-refractivity contribution in [1.82, 2.24) is 19.8 Å². The van der Waals surface area contributed by atoms with E-state index in [1.807, 2.05) is 67.1 Å². The van der Waals surface area contributed by atoms with Crippen molar-refractivity contribution in [2.24, 2.45) is 0 Å². The lowest BCUT2D eigenvalue weighted by Crippen LogP contribution is -2.28. The number of nitrogens with one attached hydrogen (secondary N) is 1. The molecule has 0 spiro atoms. The van der Waals surface area contributed by atoms with Gasteiger partial charge in [-0.1, -0.05) is 30.4 Å². The van der Waals surface area contributed by atoms with Gasteiger partial charge >= 0.3 is 0 Å². The molecule has 0 aliphatic carbocycles. The molecule has 0 saturated heterocycles. The summed E-state index contributed by atoms with van der Waals surface area (Å²) in [6.07, 6.45) is 11.5. The highest BCUT2D eigenvalue weighted by Crippen LogP contribution is 2.28. The molecule has 3 rings (SSSR count). The molecule has 7 heteroatoms. The van der Waals surface area contributed by atoms with Crippen molar-refractivity contribution in [1.29, 1.82) is 0 Å². The summed E-state index contributed by atoms with van der Waals surface area (Å²) >= 11 is 0. The Kier molecular flexibility index (Phi) is 11.1. The summed E-state index contributed by atoms with van der Waals surface area (Å²) in [6, 6.07) is 14.3. The van der Waals surface area contributed by atoms with Crippen LogP contribution in [-0.4, -0.2) is 60.3 Å². The first-order valence-corrected chi connectivity index (χ1v) is 12.7. The van der Waals surface area contributed by atoms with Gasteiger partial charge in [-0.15, -0.1) is 0 Å². The standard InChI is InChI=1S/C29H38N4O3/c1-4-35-27-15-12-25(22-28(27)36-5-2)16-20-32(3)19-7-17-31-29(34)9-6-8-24-10-13-26(14-11-24)33-21-18-30-23-33/h6,8,10-15,18,21-23H,4-5,7,9,16-17,19-20H2,1-3H3,(H,31,34)/b8-6+. The Bertz CT molecular complexity index is 1080. The Morgan fingerprint density at radius 1 is 1.06 bits per heavy atom. The van der Waals surface area contributed by atoms with E-state index in [1.54, 1.807) is 12.5 Å². The number of carbonyl (C=O) groups excluding carboxylic acids is 1. The van der Waals surface area contributed by atoms with Gasteiger partial charge in [0.1, 0.15) is 0 Å². The second-order valence-electron chi connectivity index (χ2n) is 8.57. The van der Waals surface area contributed by atoms with E-state index in [2.05, 4.69) is 34.4 Å². The lowest BCUT2D eigenvalue weighted by atomic mass is 10.1. The van der Waals surface area contributed by atoms with Crippen LogP contribution in [0.25, 0.3) is 11.8 Å². The summed E-state index contributed by atoms with van der Waals surface area (Å²) in [4.78, 5) is 18.5. The third-order valence-corrected chi connectivity index (χ3v) is 5.74. The smallest absolute Gasteiger partial charge is 0.223 e. The number of ether oxygens (including phenoxy) is 2. The number of likely N-dealkylation sites (N-methyl/N-ethyl adjacent to an activating group) is 1. The predicted octanol–water partition coefficient (Wildman–Crippen LogP) is 4.75. The lowest BCUT2D eigenvalue weighted by molar-refractivity contribution is -0.120. The highest BCUT2D eigenvalue weighted by atomic mass is 16.5. The van der Waals surface area contributed by atoms with Crippen LogP contribution in [0.2, 0.25) is 0 Å². The summed E-state index contributed by atoms with van der Waals surface area (Å²) < 4.78 is 13.3. The molecule has 0 fully saturated rings. The van der Waals surface area contributed by atoms with Gasteiger partial charge in [-0.2, -0.15) is 0 Å². The van der Waals surface area contributed by atoms with E-state index >= 15 is 0 Å². The second-order valence-corrected chi connectivity index (χ2v) is 8.57. The molecule has 36 heavy (non-hydrogen) atoms. The molecule has 2 aromatic carbocycles. The molecule has 192 valence electrons. The molecule has 0 saturated carbocycles. The van der Waals surface area contributed by atoms with Crippen LogP contribution in [0.15, 0.2) is 67.3 Å². The molecule has 0 atom stereocenters. The van der Waals surface area contributed by atoms with Crippen molar-refractivity contribution in [3.63, 3.8) is 0 Å². The monoisotopic (exact) mass is 490 g/mol. The number of benzene rings is 2. The van der Waals surface area contributed by atoms with Crippen molar-refractivity contribution >= 4 is 12.0 Å². The first-order valence-electron chi connectivity index (χ1n) is 12.7. The minimum atomic E-state index is 0.0433. The zero-order chi connectivity index (χ0) is 25.6. The number of hydrogen-bond acceptors (Lipinski definition) is 5. The molecule has 0 radical (unpaired) electrons. The third-order valence-electron chi connectivity index (χ3n) is 5.74. The summed E-state index contributed by atoms with van der Waals surface area (Å²) in [5.74, 6) is 1.65. The predicted molar refractivity (Wildman–Crippen MR) is 145 cm³/mol. The molecule has 1 amide bonds. The maximum Gasteiger partial charge on any atom is 0.223 e. The quantitative estimate of drug-likeness (QED) is 0.311. The summed E-state index contributed by atoms with van der Waals surface area (Å²) in [6.45, 7) is 7.73. The fourth-order valence-electron chi connectivity index (χ4n) is 3.80. The minimum absolute atomic E-state index is 0.0433. The molecule has 7 nitrogen and oxygen atoms in total. The van der Waals surface area contributed by atoms with Crippen LogP contribution in [0.4, 0.5) is 0 Å². The molecule has 0 unspecified atom stereocenters. The van der Waals surface area contributed by atoms with E-state index in [4.69, 9.17) is 9.47 Å². The van der Waals surface area contributed by atoms with E-state index in [9.17, 15) is 4.79 Å². The summed E-state index contributed by atoms with van der Waals surface area (Å²) in [7, 11) is 2.11. The van der Waals surface area contributed by atoms with Gasteiger partial charge < -0.3 is 24.3 Å². The van der Waals surface area contributed by atoms with Crippen LogP contribution in [0, 0.1) is 0 Å². The van der Waals surface area contributed by atoms with E-state index in [-0.39, 0.29) is 5.91 Å². The highest BCUT2D eigenvalue weighted by Gasteiger charge is 2.07. The zero-order valence-corrected chi connectivity index (χ0v) is 21.7. The first kappa shape index (κ1) is 27.0. The highest BCUT2D eigenvalue weighted by molar-refractivity contribution is 5.78. The maximum atomic E-state index is 12.1. The number of hydrogen-bond donors (Lipinski definition) is 1. The molecule has 0 bridgehead atoms. The van der Waals surface area contributed by atoms with Crippen LogP contribution >= 0.6 is 0 Å². The van der Waals surface area contributed by atoms with Crippen LogP contribution in [0.3, 0.4) is 0 Å². The first-order chi connectivity index (χ1) is 17.6. The van der Waals surface area contributed by atoms with Crippen LogP contribution in [-0.2, 0) is 11.2 Å². The third kappa shape index (κ3) is 8.89. The van der Waals surface area contributed by atoms with E-state index in [0.29, 0.717) is 26.2 Å². The summed E-state index contributed by atoms with van der Waals surface area (Å²) in [5, 5.41) is 3.01. The maximum absolute atomic E-state index is 12.1. The molecule has 1 aromatic heterocycles. The molecule has 1 heterocycles. The van der Waals surface area contributed by atoms with Crippen molar-refractivity contribution < 1.29 is 14.3 Å². The van der Waals surface area contributed by atoms with Gasteiger partial charge in [0, 0.05) is 37.6 Å². The van der Waals surface area contributed by atoms with Crippen molar-refractivity contribution in [2.75, 3.05) is 39.9 Å². The van der Waals surface area contributed by atoms with Crippen molar-refractivity contribution in [2.45, 2.75) is 33.1 Å². The topological polar surface area (TPSA) is 68.6 Å². The molecular formula is C29H38N4O3. The van der Waals surface area contributed by atoms with Crippen LogP contribution in [0.5, 0.6) is 11.5 Å². The molecule has 3 aromatic rings. The van der Waals surface area contributed by atoms with Gasteiger partial charge in [-0.25, -0.2) is 4.98 Å². The fourth-order valence-corrected chi connectivity index (χ4v) is 3.80. The van der Waals surface area contributed by atoms with Gasteiger partial charge in [0.25, 0.3) is 0 Å². The van der Waals surface area contributed by atoms with Gasteiger partial charge in [0.2, 0.25) is 5.91 Å². The number of imidazole rings is 1. The Labute approximate surface area is 214 Å². The number of carbonyl (C=O) groups is 1. The largest absolute Gasteiger partial charge is 0.490 e. The Morgan fingerprint density at radius 3 is 2.56 bits per heavy atom. The van der Waals surface area contributed by atoms with Crippen molar-refractivity contribution in [3.8, 4) is 17.2 Å². The van der Waals surface area contributed by atoms with Gasteiger partial charge in [0.05, 0.1) is 19.5 Å². The van der Waals surface area contributed by atoms with Gasteiger partial charge in [-0.05, 0) is 75.7 Å². The molecule has 0 aliphatic heterocycles. The average Bonchev–Trinajstić information content (AvgIpc) is 3.42. The Balaban J connectivity index is 1.31. The van der Waals surface area contributed by atoms with E-state index in [1.165, 1.54) is 5.56 Å².